The maximum Gasteiger partial charge on any atom is 0.306 e. The molecule has 1 atom stereocenters. The number of methoxy groups -OCH3 is 1. The van der Waals surface area contributed by atoms with E-state index in [-0.39, 0.29) is 11.9 Å². The van der Waals surface area contributed by atoms with Crippen molar-refractivity contribution in [3.63, 3.8) is 0 Å². The van der Waals surface area contributed by atoms with Gasteiger partial charge < -0.3 is 4.74 Å². The highest BCUT2D eigenvalue weighted by atomic mass is 16.5. The molecule has 0 saturated heterocycles. The Balaban J connectivity index is 2.37. The van der Waals surface area contributed by atoms with Crippen molar-refractivity contribution in [1.82, 2.24) is 0 Å². The quantitative estimate of drug-likeness (QED) is 0.778. The van der Waals surface area contributed by atoms with Crippen molar-refractivity contribution in [2.45, 2.75) is 19.3 Å². The number of aryl methyl sites for hydroxylation is 1. The minimum atomic E-state index is -0.185. The Hall–Kier alpha value is -2.09. The standard InChI is InChI=1S/C17H18O2/c1-13-7-6-10-15(11-13)16(12-17(18)19-2)14-8-4-3-5-9-14/h3-11,16H,12H2,1-2H3. The molecule has 0 bridgehead atoms. The monoisotopic (exact) mass is 254 g/mol. The molecule has 0 saturated carbocycles. The Morgan fingerprint density at radius 3 is 2.37 bits per heavy atom. The molecule has 0 aromatic heterocycles. The van der Waals surface area contributed by atoms with Gasteiger partial charge in [-0.15, -0.1) is 0 Å². The van der Waals surface area contributed by atoms with Crippen molar-refractivity contribution in [3.05, 3.63) is 71.3 Å². The van der Waals surface area contributed by atoms with Gasteiger partial charge in [0.25, 0.3) is 0 Å². The van der Waals surface area contributed by atoms with Gasteiger partial charge in [-0.25, -0.2) is 0 Å². The summed E-state index contributed by atoms with van der Waals surface area (Å²) in [5, 5.41) is 0. The van der Waals surface area contributed by atoms with Crippen LogP contribution in [-0.2, 0) is 9.53 Å². The van der Waals surface area contributed by atoms with Crippen molar-refractivity contribution in [2.24, 2.45) is 0 Å². The summed E-state index contributed by atoms with van der Waals surface area (Å²) in [5.41, 5.74) is 3.48. The molecule has 2 nitrogen and oxygen atoms in total. The van der Waals surface area contributed by atoms with Crippen molar-refractivity contribution >= 4 is 5.97 Å². The normalized spacial score (nSPS) is 11.9. The van der Waals surface area contributed by atoms with Crippen LogP contribution in [-0.4, -0.2) is 13.1 Å². The van der Waals surface area contributed by atoms with Gasteiger partial charge in [-0.3, -0.25) is 4.79 Å². The molecule has 0 heterocycles. The zero-order valence-electron chi connectivity index (χ0n) is 11.3. The van der Waals surface area contributed by atoms with Crippen LogP contribution in [0, 0.1) is 6.92 Å². The molecular weight excluding hydrogens is 236 g/mol. The van der Waals surface area contributed by atoms with Crippen LogP contribution in [0.2, 0.25) is 0 Å². The predicted molar refractivity (Wildman–Crippen MR) is 76.1 cm³/mol. The van der Waals surface area contributed by atoms with Crippen molar-refractivity contribution in [3.8, 4) is 0 Å². The lowest BCUT2D eigenvalue weighted by Gasteiger charge is -2.17. The summed E-state index contributed by atoms with van der Waals surface area (Å²) in [6, 6.07) is 18.3. The highest BCUT2D eigenvalue weighted by molar-refractivity contribution is 5.71. The van der Waals surface area contributed by atoms with Crippen LogP contribution in [0.3, 0.4) is 0 Å². The van der Waals surface area contributed by atoms with E-state index >= 15 is 0 Å². The molecule has 0 radical (unpaired) electrons. The number of rotatable bonds is 4. The minimum Gasteiger partial charge on any atom is -0.469 e. The fourth-order valence-electron chi connectivity index (χ4n) is 2.25. The van der Waals surface area contributed by atoms with Gasteiger partial charge in [-0.2, -0.15) is 0 Å². The van der Waals surface area contributed by atoms with Gasteiger partial charge in [0.1, 0.15) is 0 Å². The summed E-state index contributed by atoms with van der Waals surface area (Å²) >= 11 is 0. The average molecular weight is 254 g/mol. The molecule has 19 heavy (non-hydrogen) atoms. The third-order valence-electron chi connectivity index (χ3n) is 3.24. The van der Waals surface area contributed by atoms with Gasteiger partial charge in [0.15, 0.2) is 0 Å². The van der Waals surface area contributed by atoms with E-state index in [9.17, 15) is 4.79 Å². The molecular formula is C17H18O2. The molecule has 0 aliphatic heterocycles. The van der Waals surface area contributed by atoms with Crippen LogP contribution in [0.4, 0.5) is 0 Å². The second-order valence-electron chi connectivity index (χ2n) is 4.66. The highest BCUT2D eigenvalue weighted by Gasteiger charge is 2.18. The maximum atomic E-state index is 11.6. The van der Waals surface area contributed by atoms with Gasteiger partial charge in [0.05, 0.1) is 13.5 Å². The second-order valence-corrected chi connectivity index (χ2v) is 4.66. The third-order valence-corrected chi connectivity index (χ3v) is 3.24. The van der Waals surface area contributed by atoms with Gasteiger partial charge in [0.2, 0.25) is 0 Å². The lowest BCUT2D eigenvalue weighted by molar-refractivity contribution is -0.140. The molecule has 98 valence electrons. The molecule has 1 unspecified atom stereocenters. The average Bonchev–Trinajstić information content (AvgIpc) is 2.45. The van der Waals surface area contributed by atoms with Crippen LogP contribution in [0.25, 0.3) is 0 Å². The Morgan fingerprint density at radius 1 is 1.05 bits per heavy atom. The highest BCUT2D eigenvalue weighted by Crippen LogP contribution is 2.28. The molecule has 2 aromatic rings. The van der Waals surface area contributed by atoms with E-state index in [1.54, 1.807) is 0 Å². The van der Waals surface area contributed by atoms with Gasteiger partial charge in [-0.05, 0) is 18.1 Å². The van der Waals surface area contributed by atoms with E-state index in [1.165, 1.54) is 12.7 Å². The van der Waals surface area contributed by atoms with Crippen LogP contribution >= 0.6 is 0 Å². The third kappa shape index (κ3) is 3.44. The summed E-state index contributed by atoms with van der Waals surface area (Å²) < 4.78 is 4.81. The second kappa shape index (κ2) is 6.19. The first kappa shape index (κ1) is 13.3. The van der Waals surface area contributed by atoms with Gasteiger partial charge >= 0.3 is 5.97 Å². The Labute approximate surface area is 114 Å². The summed E-state index contributed by atoms with van der Waals surface area (Å²) in [6.07, 6.45) is 0.365. The van der Waals surface area contributed by atoms with E-state index in [0.717, 1.165) is 11.1 Å². The first-order valence-corrected chi connectivity index (χ1v) is 6.39. The van der Waals surface area contributed by atoms with Crippen LogP contribution < -0.4 is 0 Å². The lowest BCUT2D eigenvalue weighted by atomic mass is 9.88. The van der Waals surface area contributed by atoms with E-state index in [4.69, 9.17) is 4.74 Å². The zero-order valence-corrected chi connectivity index (χ0v) is 11.3. The van der Waals surface area contributed by atoms with Crippen LogP contribution in [0.1, 0.15) is 29.0 Å². The van der Waals surface area contributed by atoms with E-state index in [1.807, 2.05) is 24.3 Å². The zero-order chi connectivity index (χ0) is 13.7. The number of carbonyl (C=O) groups excluding carboxylic acids is 1. The maximum absolute atomic E-state index is 11.6. The van der Waals surface area contributed by atoms with Crippen molar-refractivity contribution in [2.75, 3.05) is 7.11 Å². The van der Waals surface area contributed by atoms with Crippen LogP contribution in [0.15, 0.2) is 54.6 Å². The number of hydrogen-bond acceptors (Lipinski definition) is 2. The molecule has 0 aliphatic carbocycles. The summed E-state index contributed by atoms with van der Waals surface area (Å²) in [6.45, 7) is 2.06. The topological polar surface area (TPSA) is 26.3 Å². The molecule has 0 spiro atoms. The number of ether oxygens (including phenoxy) is 1. The number of esters is 1. The van der Waals surface area contributed by atoms with E-state index in [0.29, 0.717) is 6.42 Å². The molecule has 2 aromatic carbocycles. The molecule has 2 heteroatoms. The number of benzene rings is 2. The van der Waals surface area contributed by atoms with Gasteiger partial charge in [-0.1, -0.05) is 60.2 Å². The largest absolute Gasteiger partial charge is 0.469 e. The van der Waals surface area contributed by atoms with Crippen molar-refractivity contribution in [1.29, 1.82) is 0 Å². The van der Waals surface area contributed by atoms with Crippen molar-refractivity contribution < 1.29 is 9.53 Å². The first-order valence-electron chi connectivity index (χ1n) is 6.39. The van der Waals surface area contributed by atoms with Gasteiger partial charge in [0, 0.05) is 5.92 Å². The van der Waals surface area contributed by atoms with Crippen LogP contribution in [0.5, 0.6) is 0 Å². The predicted octanol–water partition coefficient (Wildman–Crippen LogP) is 3.69. The Bertz CT molecular complexity index is 546. The smallest absolute Gasteiger partial charge is 0.306 e. The summed E-state index contributed by atoms with van der Waals surface area (Å²) in [5.74, 6) is -0.135. The fraction of sp³-hybridized carbons (Fsp3) is 0.235. The molecule has 2 rings (SSSR count). The van der Waals surface area contributed by atoms with E-state index in [2.05, 4.69) is 37.3 Å². The van der Waals surface area contributed by atoms with E-state index < -0.39 is 0 Å². The lowest BCUT2D eigenvalue weighted by Crippen LogP contribution is -2.10. The summed E-state index contributed by atoms with van der Waals surface area (Å²) in [7, 11) is 1.43. The molecule has 0 aliphatic rings. The Morgan fingerprint density at radius 2 is 1.74 bits per heavy atom. The first-order chi connectivity index (χ1) is 9.20. The summed E-state index contributed by atoms with van der Waals surface area (Å²) in [4.78, 5) is 11.6. The number of carbonyl (C=O) groups is 1. The molecule has 0 amide bonds. The fourth-order valence-corrected chi connectivity index (χ4v) is 2.25. The number of hydrogen-bond donors (Lipinski definition) is 0. The molecule has 0 fully saturated rings. The molecule has 0 N–H and O–H groups in total. The SMILES string of the molecule is COC(=O)CC(c1ccccc1)c1cccc(C)c1. The Kier molecular flexibility index (Phi) is 4.35. The minimum absolute atomic E-state index is 0.0496.